The van der Waals surface area contributed by atoms with Crippen LogP contribution in [-0.2, 0) is 17.8 Å². The highest BCUT2D eigenvalue weighted by Crippen LogP contribution is 2.17. The van der Waals surface area contributed by atoms with Gasteiger partial charge in [-0.25, -0.2) is 9.78 Å². The predicted octanol–water partition coefficient (Wildman–Crippen LogP) is 3.90. The normalized spacial score (nSPS) is 10.9. The number of carbonyl (C=O) groups excluding carboxylic acids is 2. The fourth-order valence-electron chi connectivity index (χ4n) is 3.92. The van der Waals surface area contributed by atoms with Crippen LogP contribution < -0.4 is 16.2 Å². The van der Waals surface area contributed by atoms with Crippen molar-refractivity contribution < 1.29 is 14.3 Å². The molecule has 2 amide bonds. The molecule has 0 radical (unpaired) electrons. The zero-order valence-corrected chi connectivity index (χ0v) is 19.2. The quantitative estimate of drug-likeness (QED) is 0.326. The van der Waals surface area contributed by atoms with Gasteiger partial charge in [-0.15, -0.1) is 0 Å². The van der Waals surface area contributed by atoms with Crippen molar-refractivity contribution >= 4 is 34.2 Å². The Labute approximate surface area is 205 Å². The SMILES string of the molecule is O=C(Nc1cnc2ccc(C(=O)NCCc3c[nH]c4ccccc34)cn2c1=O)OCc1ccccc1. The zero-order chi connectivity index (χ0) is 24.9. The highest BCUT2D eigenvalue weighted by molar-refractivity contribution is 5.94. The second-order valence-corrected chi connectivity index (χ2v) is 8.18. The monoisotopic (exact) mass is 481 g/mol. The van der Waals surface area contributed by atoms with Crippen molar-refractivity contribution in [1.29, 1.82) is 0 Å². The minimum absolute atomic E-state index is 0.0533. The number of nitrogens with zero attached hydrogens (tertiary/aromatic N) is 2. The van der Waals surface area contributed by atoms with Crippen molar-refractivity contribution in [3.05, 3.63) is 112 Å². The average Bonchev–Trinajstić information content (AvgIpc) is 3.32. The first-order valence-electron chi connectivity index (χ1n) is 11.4. The molecule has 0 aliphatic carbocycles. The second-order valence-electron chi connectivity index (χ2n) is 8.18. The number of H-pyrrole nitrogens is 1. The lowest BCUT2D eigenvalue weighted by Crippen LogP contribution is -2.27. The summed E-state index contributed by atoms with van der Waals surface area (Å²) >= 11 is 0. The number of nitrogens with one attached hydrogen (secondary N) is 3. The van der Waals surface area contributed by atoms with E-state index in [-0.39, 0.29) is 18.2 Å². The summed E-state index contributed by atoms with van der Waals surface area (Å²) < 4.78 is 6.39. The molecule has 2 aromatic carbocycles. The molecule has 0 saturated carbocycles. The van der Waals surface area contributed by atoms with Gasteiger partial charge in [-0.1, -0.05) is 48.5 Å². The molecule has 0 bridgehead atoms. The van der Waals surface area contributed by atoms with Crippen LogP contribution in [0, 0.1) is 0 Å². The van der Waals surface area contributed by atoms with E-state index < -0.39 is 11.7 Å². The van der Waals surface area contributed by atoms with E-state index in [0.717, 1.165) is 22.0 Å². The summed E-state index contributed by atoms with van der Waals surface area (Å²) in [5.74, 6) is -0.315. The standard InChI is InChI=1S/C27H23N5O4/c33-25(28-13-12-19-14-29-22-9-5-4-8-21(19)22)20-10-11-24-30-15-23(26(34)32(24)16-20)31-27(35)36-17-18-6-2-1-3-7-18/h1-11,14-16,29H,12-13,17H2,(H,28,33)(H,31,35). The van der Waals surface area contributed by atoms with Crippen LogP contribution in [0.1, 0.15) is 21.5 Å². The highest BCUT2D eigenvalue weighted by atomic mass is 16.5. The van der Waals surface area contributed by atoms with E-state index in [1.165, 1.54) is 16.8 Å². The van der Waals surface area contributed by atoms with Crippen LogP contribution in [0.15, 0.2) is 90.1 Å². The molecular weight excluding hydrogens is 458 g/mol. The molecule has 0 aliphatic rings. The number of para-hydroxylation sites is 1. The minimum atomic E-state index is -0.774. The molecule has 0 saturated heterocycles. The third kappa shape index (κ3) is 4.95. The maximum Gasteiger partial charge on any atom is 0.412 e. The Hall–Kier alpha value is -4.92. The maximum atomic E-state index is 12.9. The number of ether oxygens (including phenoxy) is 1. The molecule has 3 heterocycles. The first kappa shape index (κ1) is 22.9. The van der Waals surface area contributed by atoms with Crippen molar-refractivity contribution in [3.8, 4) is 0 Å². The first-order valence-corrected chi connectivity index (χ1v) is 11.4. The summed E-state index contributed by atoms with van der Waals surface area (Å²) in [6, 6.07) is 20.4. The number of aromatic nitrogens is 3. The van der Waals surface area contributed by atoms with Crippen molar-refractivity contribution in [2.45, 2.75) is 13.0 Å². The van der Waals surface area contributed by atoms with Gasteiger partial charge in [0.25, 0.3) is 11.5 Å². The lowest BCUT2D eigenvalue weighted by atomic mass is 10.1. The molecule has 0 aliphatic heterocycles. The highest BCUT2D eigenvalue weighted by Gasteiger charge is 2.13. The van der Waals surface area contributed by atoms with Crippen LogP contribution in [0.5, 0.6) is 0 Å². The number of hydrogen-bond donors (Lipinski definition) is 3. The van der Waals surface area contributed by atoms with Crippen molar-refractivity contribution in [3.63, 3.8) is 0 Å². The number of amides is 2. The van der Waals surface area contributed by atoms with Gasteiger partial charge in [-0.2, -0.15) is 0 Å². The number of benzene rings is 2. The van der Waals surface area contributed by atoms with E-state index in [1.54, 1.807) is 12.1 Å². The summed E-state index contributed by atoms with van der Waals surface area (Å²) in [4.78, 5) is 45.2. The smallest absolute Gasteiger partial charge is 0.412 e. The molecular formula is C27H23N5O4. The van der Waals surface area contributed by atoms with E-state index >= 15 is 0 Å². The van der Waals surface area contributed by atoms with Gasteiger partial charge in [0.2, 0.25) is 0 Å². The molecule has 0 atom stereocenters. The van der Waals surface area contributed by atoms with Crippen LogP contribution in [0.3, 0.4) is 0 Å². The number of fused-ring (bicyclic) bond motifs is 2. The Kier molecular flexibility index (Phi) is 6.44. The Morgan fingerprint density at radius 2 is 1.81 bits per heavy atom. The van der Waals surface area contributed by atoms with E-state index in [4.69, 9.17) is 4.74 Å². The van der Waals surface area contributed by atoms with Crippen molar-refractivity contribution in [2.75, 3.05) is 11.9 Å². The van der Waals surface area contributed by atoms with Crippen LogP contribution in [0.2, 0.25) is 0 Å². The van der Waals surface area contributed by atoms with Gasteiger partial charge in [-0.3, -0.25) is 19.3 Å². The second kappa shape index (κ2) is 10.1. The minimum Gasteiger partial charge on any atom is -0.444 e. The lowest BCUT2D eigenvalue weighted by Gasteiger charge is -2.09. The number of anilines is 1. The van der Waals surface area contributed by atoms with E-state index in [1.807, 2.05) is 60.8 Å². The fourth-order valence-corrected chi connectivity index (χ4v) is 3.92. The van der Waals surface area contributed by atoms with Gasteiger partial charge in [0.1, 0.15) is 17.9 Å². The fraction of sp³-hybridized carbons (Fsp3) is 0.111. The van der Waals surface area contributed by atoms with Crippen LogP contribution in [0.25, 0.3) is 16.6 Å². The summed E-state index contributed by atoms with van der Waals surface area (Å²) in [7, 11) is 0. The third-order valence-electron chi connectivity index (χ3n) is 5.77. The van der Waals surface area contributed by atoms with Gasteiger partial charge in [0, 0.05) is 29.8 Å². The van der Waals surface area contributed by atoms with Crippen LogP contribution >= 0.6 is 0 Å². The Bertz CT molecular complexity index is 1610. The molecule has 3 N–H and O–H groups in total. The number of hydrogen-bond acceptors (Lipinski definition) is 5. The number of rotatable bonds is 7. The first-order chi connectivity index (χ1) is 17.6. The van der Waals surface area contributed by atoms with Gasteiger partial charge in [0.05, 0.1) is 11.8 Å². The summed E-state index contributed by atoms with van der Waals surface area (Å²) in [5.41, 5.74) is 3.05. The Morgan fingerprint density at radius 3 is 2.67 bits per heavy atom. The van der Waals surface area contributed by atoms with Gasteiger partial charge in [-0.05, 0) is 35.7 Å². The summed E-state index contributed by atoms with van der Waals surface area (Å²) in [5, 5.41) is 6.43. The molecule has 36 heavy (non-hydrogen) atoms. The Balaban J connectivity index is 1.24. The van der Waals surface area contributed by atoms with Gasteiger partial charge in [0.15, 0.2) is 0 Å². The predicted molar refractivity (Wildman–Crippen MR) is 136 cm³/mol. The number of aromatic amines is 1. The number of carbonyl (C=O) groups is 2. The summed E-state index contributed by atoms with van der Waals surface area (Å²) in [6.45, 7) is 0.499. The molecule has 9 heteroatoms. The molecule has 180 valence electrons. The van der Waals surface area contributed by atoms with Gasteiger partial charge < -0.3 is 15.0 Å². The van der Waals surface area contributed by atoms with E-state index in [2.05, 4.69) is 20.6 Å². The molecule has 5 rings (SSSR count). The van der Waals surface area contributed by atoms with Crippen LogP contribution in [-0.4, -0.2) is 32.9 Å². The molecule has 5 aromatic rings. The molecule has 9 nitrogen and oxygen atoms in total. The molecule has 3 aromatic heterocycles. The molecule has 0 unspecified atom stereocenters. The van der Waals surface area contributed by atoms with Gasteiger partial charge >= 0.3 is 6.09 Å². The van der Waals surface area contributed by atoms with Crippen LogP contribution in [0.4, 0.5) is 10.5 Å². The van der Waals surface area contributed by atoms with Crippen molar-refractivity contribution in [1.82, 2.24) is 19.7 Å². The van der Waals surface area contributed by atoms with E-state index in [9.17, 15) is 14.4 Å². The zero-order valence-electron chi connectivity index (χ0n) is 19.2. The van der Waals surface area contributed by atoms with E-state index in [0.29, 0.717) is 24.2 Å². The third-order valence-corrected chi connectivity index (χ3v) is 5.77. The van der Waals surface area contributed by atoms with Crippen molar-refractivity contribution in [2.24, 2.45) is 0 Å². The lowest BCUT2D eigenvalue weighted by molar-refractivity contribution is 0.0953. The maximum absolute atomic E-state index is 12.9. The average molecular weight is 482 g/mol. The Morgan fingerprint density at radius 1 is 1.00 bits per heavy atom. The summed E-state index contributed by atoms with van der Waals surface area (Å²) in [6.07, 6.45) is 4.50. The number of pyridine rings is 1. The topological polar surface area (TPSA) is 118 Å². The largest absolute Gasteiger partial charge is 0.444 e. The molecule has 0 fully saturated rings. The molecule has 0 spiro atoms.